The topological polar surface area (TPSA) is 42.0 Å². The molecule has 1 N–H and O–H groups in total. The molecule has 15 heavy (non-hydrogen) atoms. The number of hydrogen-bond donors (Lipinski definition) is 1. The Balaban J connectivity index is 3.26. The predicted octanol–water partition coefficient (Wildman–Crippen LogP) is 1.65. The van der Waals surface area contributed by atoms with E-state index in [-0.39, 0.29) is 11.3 Å². The lowest BCUT2D eigenvalue weighted by atomic mass is 9.98. The summed E-state index contributed by atoms with van der Waals surface area (Å²) in [6.45, 7) is 4.50. The number of nitrogens with zero attached hydrogens (tertiary/aromatic N) is 1. The van der Waals surface area contributed by atoms with Gasteiger partial charge in [-0.2, -0.15) is 0 Å². The number of carbonyl (C=O) groups excluding carboxylic acids is 1. The maximum atomic E-state index is 13.6. The van der Waals surface area contributed by atoms with Gasteiger partial charge >= 0.3 is 0 Å². The number of carbonyl (C=O) groups is 1. The third kappa shape index (κ3) is 2.11. The van der Waals surface area contributed by atoms with Gasteiger partial charge in [-0.25, -0.2) is 8.78 Å². The minimum atomic E-state index is -0.954. The van der Waals surface area contributed by atoms with Gasteiger partial charge in [0.25, 0.3) is 0 Å². The second-order valence-electron chi connectivity index (χ2n) is 3.78. The van der Waals surface area contributed by atoms with Crippen molar-refractivity contribution in [2.24, 2.45) is 0 Å². The van der Waals surface area contributed by atoms with Crippen LogP contribution in [0.2, 0.25) is 0 Å². The lowest BCUT2D eigenvalue weighted by Crippen LogP contribution is -2.37. The molecule has 0 unspecified atom stereocenters. The van der Waals surface area contributed by atoms with Gasteiger partial charge in [0.1, 0.15) is 11.5 Å². The Morgan fingerprint density at radius 3 is 2.60 bits per heavy atom. The Kier molecular flexibility index (Phi) is 3.02. The van der Waals surface area contributed by atoms with Crippen LogP contribution in [0.4, 0.5) is 8.78 Å². The molecule has 1 amide bonds. The molecule has 1 aromatic rings. The first kappa shape index (κ1) is 11.6. The SMILES string of the molecule is Cc1c(F)cnc(C(C)(C)NC=O)c1F. The van der Waals surface area contributed by atoms with Crippen molar-refractivity contribution in [1.29, 1.82) is 0 Å². The van der Waals surface area contributed by atoms with Crippen molar-refractivity contribution in [2.75, 3.05) is 0 Å². The van der Waals surface area contributed by atoms with Gasteiger partial charge in [0.05, 0.1) is 11.7 Å². The van der Waals surface area contributed by atoms with Crippen molar-refractivity contribution in [3.05, 3.63) is 29.1 Å². The van der Waals surface area contributed by atoms with Gasteiger partial charge in [0.15, 0.2) is 5.82 Å². The highest BCUT2D eigenvalue weighted by Crippen LogP contribution is 2.23. The quantitative estimate of drug-likeness (QED) is 0.777. The van der Waals surface area contributed by atoms with E-state index in [2.05, 4.69) is 10.3 Å². The Bertz CT molecular complexity index is 391. The summed E-state index contributed by atoms with van der Waals surface area (Å²) < 4.78 is 26.6. The Hall–Kier alpha value is -1.52. The molecular formula is C10H12F2N2O. The van der Waals surface area contributed by atoms with Crippen LogP contribution in [0.5, 0.6) is 0 Å². The van der Waals surface area contributed by atoms with Crippen molar-refractivity contribution in [1.82, 2.24) is 10.3 Å². The van der Waals surface area contributed by atoms with Crippen molar-refractivity contribution >= 4 is 6.41 Å². The van der Waals surface area contributed by atoms with Crippen molar-refractivity contribution in [3.8, 4) is 0 Å². The first-order valence-corrected chi connectivity index (χ1v) is 4.42. The fourth-order valence-electron chi connectivity index (χ4n) is 1.21. The average Bonchev–Trinajstić information content (AvgIpc) is 2.13. The molecule has 1 aromatic heterocycles. The highest BCUT2D eigenvalue weighted by atomic mass is 19.1. The van der Waals surface area contributed by atoms with Gasteiger partial charge in [-0.15, -0.1) is 0 Å². The molecule has 0 bridgehead atoms. The molecule has 0 aliphatic heterocycles. The zero-order chi connectivity index (χ0) is 11.6. The monoisotopic (exact) mass is 214 g/mol. The van der Waals surface area contributed by atoms with Crippen LogP contribution in [0.25, 0.3) is 0 Å². The van der Waals surface area contributed by atoms with Crippen molar-refractivity contribution < 1.29 is 13.6 Å². The summed E-state index contributed by atoms with van der Waals surface area (Å²) in [7, 11) is 0. The minimum absolute atomic E-state index is 0.0218. The van der Waals surface area contributed by atoms with E-state index in [0.717, 1.165) is 6.20 Å². The first-order chi connectivity index (χ1) is 6.90. The number of nitrogens with one attached hydrogen (secondary N) is 1. The smallest absolute Gasteiger partial charge is 0.207 e. The fourth-order valence-corrected chi connectivity index (χ4v) is 1.21. The molecule has 0 fully saturated rings. The number of rotatable bonds is 3. The minimum Gasteiger partial charge on any atom is -0.348 e. The van der Waals surface area contributed by atoms with E-state index in [1.165, 1.54) is 6.92 Å². The number of pyridine rings is 1. The molecule has 3 nitrogen and oxygen atoms in total. The van der Waals surface area contributed by atoms with Crippen molar-refractivity contribution in [3.63, 3.8) is 0 Å². The van der Waals surface area contributed by atoms with Crippen LogP contribution >= 0.6 is 0 Å². The second kappa shape index (κ2) is 3.92. The summed E-state index contributed by atoms with van der Waals surface area (Å²) >= 11 is 0. The first-order valence-electron chi connectivity index (χ1n) is 4.42. The van der Waals surface area contributed by atoms with Gasteiger partial charge in [0, 0.05) is 5.56 Å². The van der Waals surface area contributed by atoms with E-state index < -0.39 is 17.2 Å². The molecule has 0 spiro atoms. The molecule has 0 aliphatic rings. The molecular weight excluding hydrogens is 202 g/mol. The molecule has 0 saturated heterocycles. The zero-order valence-electron chi connectivity index (χ0n) is 8.77. The highest BCUT2D eigenvalue weighted by molar-refractivity contribution is 5.48. The number of halogens is 2. The van der Waals surface area contributed by atoms with E-state index in [9.17, 15) is 13.6 Å². The van der Waals surface area contributed by atoms with Crippen LogP contribution in [-0.2, 0) is 10.3 Å². The van der Waals surface area contributed by atoms with Gasteiger partial charge in [0.2, 0.25) is 6.41 Å². The van der Waals surface area contributed by atoms with E-state index in [1.54, 1.807) is 13.8 Å². The lowest BCUT2D eigenvalue weighted by Gasteiger charge is -2.24. The van der Waals surface area contributed by atoms with Crippen LogP contribution in [0.1, 0.15) is 25.1 Å². The third-order valence-corrected chi connectivity index (χ3v) is 2.21. The van der Waals surface area contributed by atoms with Gasteiger partial charge in [-0.3, -0.25) is 9.78 Å². The molecule has 0 radical (unpaired) electrons. The Morgan fingerprint density at radius 2 is 2.07 bits per heavy atom. The van der Waals surface area contributed by atoms with Crippen LogP contribution in [0.15, 0.2) is 6.20 Å². The molecule has 1 heterocycles. The molecule has 1 rings (SSSR count). The Morgan fingerprint density at radius 1 is 1.47 bits per heavy atom. The lowest BCUT2D eigenvalue weighted by molar-refractivity contribution is -0.111. The highest BCUT2D eigenvalue weighted by Gasteiger charge is 2.26. The number of amides is 1. The third-order valence-electron chi connectivity index (χ3n) is 2.21. The maximum Gasteiger partial charge on any atom is 0.207 e. The predicted molar refractivity (Wildman–Crippen MR) is 51.1 cm³/mol. The standard InChI is InChI=1S/C10H12F2N2O/c1-6-7(11)4-13-9(8(6)12)10(2,3)14-5-15/h4-5H,1-3H3,(H,14,15). The molecule has 0 aromatic carbocycles. The molecule has 0 atom stereocenters. The molecule has 5 heteroatoms. The summed E-state index contributed by atoms with van der Waals surface area (Å²) in [5, 5.41) is 2.42. The van der Waals surface area contributed by atoms with Crippen molar-refractivity contribution in [2.45, 2.75) is 26.3 Å². The van der Waals surface area contributed by atoms with E-state index in [4.69, 9.17) is 0 Å². The summed E-state index contributed by atoms with van der Waals surface area (Å²) in [5.41, 5.74) is -1.03. The summed E-state index contributed by atoms with van der Waals surface area (Å²) in [6.07, 6.45) is 1.40. The Labute approximate surface area is 86.5 Å². The molecule has 0 saturated carbocycles. The fraction of sp³-hybridized carbons (Fsp3) is 0.400. The zero-order valence-corrected chi connectivity index (χ0v) is 8.77. The second-order valence-corrected chi connectivity index (χ2v) is 3.78. The molecule has 82 valence electrons. The number of hydrogen-bond acceptors (Lipinski definition) is 2. The van der Waals surface area contributed by atoms with Gasteiger partial charge < -0.3 is 5.32 Å². The van der Waals surface area contributed by atoms with Crippen LogP contribution in [0, 0.1) is 18.6 Å². The van der Waals surface area contributed by atoms with E-state index >= 15 is 0 Å². The normalized spacial score (nSPS) is 11.3. The van der Waals surface area contributed by atoms with Crippen LogP contribution in [-0.4, -0.2) is 11.4 Å². The van der Waals surface area contributed by atoms with E-state index in [0.29, 0.717) is 6.41 Å². The number of aromatic nitrogens is 1. The van der Waals surface area contributed by atoms with Crippen LogP contribution in [0.3, 0.4) is 0 Å². The van der Waals surface area contributed by atoms with Gasteiger partial charge in [-0.1, -0.05) is 0 Å². The maximum absolute atomic E-state index is 13.6. The summed E-state index contributed by atoms with van der Waals surface area (Å²) in [5.74, 6) is -1.42. The van der Waals surface area contributed by atoms with Crippen LogP contribution < -0.4 is 5.32 Å². The summed E-state index contributed by atoms with van der Waals surface area (Å²) in [4.78, 5) is 14.0. The van der Waals surface area contributed by atoms with Gasteiger partial charge in [-0.05, 0) is 20.8 Å². The molecule has 0 aliphatic carbocycles. The average molecular weight is 214 g/mol. The largest absolute Gasteiger partial charge is 0.348 e. The summed E-state index contributed by atoms with van der Waals surface area (Å²) in [6, 6.07) is 0. The van der Waals surface area contributed by atoms with E-state index in [1.807, 2.05) is 0 Å².